The van der Waals surface area contributed by atoms with Crippen LogP contribution in [0.3, 0.4) is 0 Å². The van der Waals surface area contributed by atoms with Crippen molar-refractivity contribution in [1.82, 2.24) is 0 Å². The average molecular weight is 363 g/mol. The van der Waals surface area contributed by atoms with Crippen LogP contribution in [0.4, 0.5) is 4.39 Å². The number of carboxylic acids is 1. The predicted molar refractivity (Wildman–Crippen MR) is 93.2 cm³/mol. The first-order valence-electron chi connectivity index (χ1n) is 7.31. The Labute approximate surface area is 146 Å². The molecular formula is C17H14FNO3S2. The highest BCUT2D eigenvalue weighted by molar-refractivity contribution is 8.13. The molecule has 2 aromatic rings. The number of aliphatic imine (C=N–C) groups is 1. The van der Waals surface area contributed by atoms with E-state index in [9.17, 15) is 14.0 Å². The lowest BCUT2D eigenvalue weighted by atomic mass is 9.98. The molecule has 1 atom stereocenters. The van der Waals surface area contributed by atoms with Gasteiger partial charge < -0.3 is 5.11 Å². The molecule has 3 rings (SSSR count). The third kappa shape index (κ3) is 3.91. The van der Waals surface area contributed by atoms with Gasteiger partial charge in [0, 0.05) is 11.7 Å². The van der Waals surface area contributed by atoms with Crippen molar-refractivity contribution in [3.8, 4) is 0 Å². The molecule has 2 heterocycles. The van der Waals surface area contributed by atoms with Crippen molar-refractivity contribution in [2.24, 2.45) is 10.9 Å². The van der Waals surface area contributed by atoms with Crippen LogP contribution in [0.1, 0.15) is 27.2 Å². The number of amides is 1. The van der Waals surface area contributed by atoms with Gasteiger partial charge in [-0.25, -0.2) is 9.38 Å². The number of aliphatic carboxylic acids is 1. The molecule has 1 aliphatic rings. The van der Waals surface area contributed by atoms with Gasteiger partial charge in [-0.1, -0.05) is 12.1 Å². The van der Waals surface area contributed by atoms with Gasteiger partial charge in [0.25, 0.3) is 5.91 Å². The molecule has 1 unspecified atom stereocenters. The summed E-state index contributed by atoms with van der Waals surface area (Å²) in [4.78, 5) is 28.2. The number of hydrogen-bond acceptors (Lipinski definition) is 4. The van der Waals surface area contributed by atoms with Crippen molar-refractivity contribution < 1.29 is 19.1 Å². The molecule has 0 saturated carbocycles. The van der Waals surface area contributed by atoms with Gasteiger partial charge >= 0.3 is 5.97 Å². The van der Waals surface area contributed by atoms with Gasteiger partial charge in [0.1, 0.15) is 5.82 Å². The Kier molecular flexibility index (Phi) is 5.11. The molecular weight excluding hydrogens is 349 g/mol. The average Bonchev–Trinajstić information content (AvgIpc) is 2.95. The maximum Gasteiger partial charge on any atom is 0.304 e. The van der Waals surface area contributed by atoms with Crippen LogP contribution in [0.5, 0.6) is 0 Å². The molecule has 1 amide bonds. The van der Waals surface area contributed by atoms with E-state index in [0.29, 0.717) is 22.1 Å². The molecule has 124 valence electrons. The predicted octanol–water partition coefficient (Wildman–Crippen LogP) is 4.01. The van der Waals surface area contributed by atoms with Crippen molar-refractivity contribution in [2.75, 3.05) is 0 Å². The van der Waals surface area contributed by atoms with Gasteiger partial charge in [-0.2, -0.15) is 0 Å². The number of carbonyl (C=O) groups excluding carboxylic acids is 1. The first-order chi connectivity index (χ1) is 11.5. The zero-order chi connectivity index (χ0) is 17.1. The molecule has 0 spiro atoms. The highest BCUT2D eigenvalue weighted by Crippen LogP contribution is 2.31. The number of thioether (sulfide) groups is 1. The lowest BCUT2D eigenvalue weighted by molar-refractivity contribution is -0.137. The van der Waals surface area contributed by atoms with Crippen LogP contribution >= 0.6 is 23.1 Å². The molecule has 0 bridgehead atoms. The second-order valence-electron chi connectivity index (χ2n) is 5.44. The smallest absolute Gasteiger partial charge is 0.304 e. The standard InChI is InChI=1S/C17H14FNO3S2/c18-13-3-1-10(2-4-13)9-24-17-12(8-14(20)21)7-11-5-6-23-15(11)16(22)19-17/h1-6,12H,7-9H2,(H,20,21). The van der Waals surface area contributed by atoms with E-state index in [0.717, 1.165) is 11.1 Å². The van der Waals surface area contributed by atoms with Gasteiger partial charge in [-0.15, -0.1) is 23.1 Å². The molecule has 0 aliphatic carbocycles. The van der Waals surface area contributed by atoms with Gasteiger partial charge in [0.2, 0.25) is 0 Å². The summed E-state index contributed by atoms with van der Waals surface area (Å²) in [5.74, 6) is -1.35. The minimum Gasteiger partial charge on any atom is -0.481 e. The van der Waals surface area contributed by atoms with Gasteiger partial charge in [-0.05, 0) is 41.1 Å². The number of carbonyl (C=O) groups is 2. The van der Waals surface area contributed by atoms with Crippen LogP contribution in [0, 0.1) is 11.7 Å². The first kappa shape index (κ1) is 16.9. The normalized spacial score (nSPS) is 17.1. The zero-order valence-electron chi connectivity index (χ0n) is 12.6. The summed E-state index contributed by atoms with van der Waals surface area (Å²) in [5.41, 5.74) is 1.75. The van der Waals surface area contributed by atoms with E-state index in [2.05, 4.69) is 4.99 Å². The summed E-state index contributed by atoms with van der Waals surface area (Å²) in [7, 11) is 0. The fourth-order valence-electron chi connectivity index (χ4n) is 2.54. The maximum atomic E-state index is 13.0. The van der Waals surface area contributed by atoms with Crippen molar-refractivity contribution in [3.05, 3.63) is 57.5 Å². The van der Waals surface area contributed by atoms with E-state index >= 15 is 0 Å². The van der Waals surface area contributed by atoms with Crippen LogP contribution in [0.15, 0.2) is 40.7 Å². The third-order valence-electron chi connectivity index (χ3n) is 3.69. The number of nitrogens with zero attached hydrogens (tertiary/aromatic N) is 1. The Hall–Kier alpha value is -1.99. The molecule has 4 nitrogen and oxygen atoms in total. The van der Waals surface area contributed by atoms with Crippen LogP contribution in [0.25, 0.3) is 0 Å². The number of hydrogen-bond donors (Lipinski definition) is 1. The SMILES string of the molecule is O=C(O)CC1Cc2ccsc2C(=O)N=C1SCc1ccc(F)cc1. The minimum absolute atomic E-state index is 0.0716. The molecule has 7 heteroatoms. The topological polar surface area (TPSA) is 66.7 Å². The Morgan fingerprint density at radius 3 is 2.79 bits per heavy atom. The summed E-state index contributed by atoms with van der Waals surface area (Å²) < 4.78 is 13.0. The molecule has 1 aliphatic heterocycles. The first-order valence-corrected chi connectivity index (χ1v) is 9.18. The summed E-state index contributed by atoms with van der Waals surface area (Å²) in [6.45, 7) is 0. The minimum atomic E-state index is -0.916. The number of benzene rings is 1. The molecule has 1 N–H and O–H groups in total. The summed E-state index contributed by atoms with van der Waals surface area (Å²) in [6, 6.07) is 7.95. The third-order valence-corrected chi connectivity index (χ3v) is 5.83. The maximum absolute atomic E-state index is 13.0. The Bertz CT molecular complexity index is 798. The monoisotopic (exact) mass is 363 g/mol. The number of halogens is 1. The number of carboxylic acid groups (broad SMARTS) is 1. The van der Waals surface area contributed by atoms with Crippen molar-refractivity contribution in [2.45, 2.75) is 18.6 Å². The van der Waals surface area contributed by atoms with Crippen molar-refractivity contribution in [3.63, 3.8) is 0 Å². The lowest BCUT2D eigenvalue weighted by Crippen LogP contribution is -2.18. The number of fused-ring (bicyclic) bond motifs is 1. The molecule has 0 saturated heterocycles. The Morgan fingerprint density at radius 2 is 2.08 bits per heavy atom. The van der Waals surface area contributed by atoms with Gasteiger partial charge in [0.05, 0.1) is 16.3 Å². The van der Waals surface area contributed by atoms with Crippen molar-refractivity contribution in [1.29, 1.82) is 0 Å². The van der Waals surface area contributed by atoms with E-state index in [-0.39, 0.29) is 24.1 Å². The van der Waals surface area contributed by atoms with E-state index < -0.39 is 5.97 Å². The van der Waals surface area contributed by atoms with Crippen LogP contribution in [0.2, 0.25) is 0 Å². The van der Waals surface area contributed by atoms with Crippen LogP contribution in [-0.2, 0) is 17.0 Å². The quantitative estimate of drug-likeness (QED) is 0.891. The van der Waals surface area contributed by atoms with E-state index in [1.165, 1.54) is 35.2 Å². The highest BCUT2D eigenvalue weighted by Gasteiger charge is 2.28. The number of thiophene rings is 1. The molecule has 0 radical (unpaired) electrons. The summed E-state index contributed by atoms with van der Waals surface area (Å²) in [5, 5.41) is 11.5. The fraction of sp³-hybridized carbons (Fsp3) is 0.235. The van der Waals surface area contributed by atoms with Crippen molar-refractivity contribution >= 4 is 40.0 Å². The summed E-state index contributed by atoms with van der Waals surface area (Å²) >= 11 is 2.68. The van der Waals surface area contributed by atoms with Crippen LogP contribution in [-0.4, -0.2) is 22.0 Å². The van der Waals surface area contributed by atoms with E-state index in [1.54, 1.807) is 12.1 Å². The van der Waals surface area contributed by atoms with E-state index in [4.69, 9.17) is 5.11 Å². The molecule has 1 aromatic heterocycles. The Morgan fingerprint density at radius 1 is 1.33 bits per heavy atom. The molecule has 24 heavy (non-hydrogen) atoms. The van der Waals surface area contributed by atoms with Gasteiger partial charge in [-0.3, -0.25) is 9.59 Å². The molecule has 0 fully saturated rings. The largest absolute Gasteiger partial charge is 0.481 e. The fourth-order valence-corrected chi connectivity index (χ4v) is 4.41. The lowest BCUT2D eigenvalue weighted by Gasteiger charge is -2.15. The zero-order valence-corrected chi connectivity index (χ0v) is 14.2. The second kappa shape index (κ2) is 7.27. The second-order valence-corrected chi connectivity index (χ2v) is 7.36. The van der Waals surface area contributed by atoms with Gasteiger partial charge in [0.15, 0.2) is 0 Å². The van der Waals surface area contributed by atoms with E-state index in [1.807, 2.05) is 11.4 Å². The Balaban J connectivity index is 1.82. The van der Waals surface area contributed by atoms with Crippen LogP contribution < -0.4 is 0 Å². The summed E-state index contributed by atoms with van der Waals surface area (Å²) in [6.07, 6.45) is 0.421. The highest BCUT2D eigenvalue weighted by atomic mass is 32.2. The molecule has 1 aromatic carbocycles. The number of rotatable bonds is 4.